The Balaban J connectivity index is 1.71. The Morgan fingerprint density at radius 1 is 1.15 bits per heavy atom. The molecule has 5 rings (SSSR count). The number of halogens is 3. The quantitative estimate of drug-likeness (QED) is 0.338. The highest BCUT2D eigenvalue weighted by atomic mass is 35.5. The molecule has 5 nitrogen and oxygen atoms in total. The van der Waals surface area contributed by atoms with E-state index < -0.39 is 34.6 Å². The van der Waals surface area contributed by atoms with E-state index in [-0.39, 0.29) is 47.1 Å². The molecule has 3 N–H and O–H groups in total. The zero-order valence-corrected chi connectivity index (χ0v) is 23.9. The first kappa shape index (κ1) is 28.5. The van der Waals surface area contributed by atoms with Crippen molar-refractivity contribution in [3.63, 3.8) is 0 Å². The molecule has 2 aromatic carbocycles. The van der Waals surface area contributed by atoms with Gasteiger partial charge >= 0.3 is 0 Å². The lowest BCUT2D eigenvalue weighted by atomic mass is 9.51. The molecule has 2 aromatic rings. The van der Waals surface area contributed by atoms with Crippen LogP contribution in [-0.2, 0) is 15.0 Å². The lowest BCUT2D eigenvalue weighted by Gasteiger charge is -2.51. The van der Waals surface area contributed by atoms with Gasteiger partial charge in [0.05, 0.1) is 23.1 Å². The summed E-state index contributed by atoms with van der Waals surface area (Å²) in [5.74, 6) is -2.23. The molecule has 1 amide bonds. The summed E-state index contributed by atoms with van der Waals surface area (Å²) < 4.78 is 15.9. The average Bonchev–Trinajstić information content (AvgIpc) is 3.35. The van der Waals surface area contributed by atoms with Gasteiger partial charge in [-0.25, -0.2) is 4.39 Å². The number of carbonyl (C=O) groups is 2. The van der Waals surface area contributed by atoms with Crippen molar-refractivity contribution in [2.24, 2.45) is 16.7 Å². The summed E-state index contributed by atoms with van der Waals surface area (Å²) in [6.45, 7) is 4.09. The number of carbonyl (C=O) groups excluding carboxylic acids is 2. The van der Waals surface area contributed by atoms with E-state index in [0.29, 0.717) is 23.6 Å². The maximum Gasteiger partial charge on any atom is 0.236 e. The summed E-state index contributed by atoms with van der Waals surface area (Å²) in [5.41, 5.74) is 0.0470. The molecule has 0 bridgehead atoms. The number of hydrogen-bond donors (Lipinski definition) is 3. The molecule has 39 heavy (non-hydrogen) atoms. The average molecular weight is 577 g/mol. The zero-order chi connectivity index (χ0) is 28.2. The van der Waals surface area contributed by atoms with Crippen molar-refractivity contribution in [3.8, 4) is 0 Å². The number of ketones is 1. The number of benzene rings is 2. The number of hydrogen-bond acceptors (Lipinski definition) is 4. The Hall–Kier alpha value is -1.99. The third-order valence-electron chi connectivity index (χ3n) is 9.79. The van der Waals surface area contributed by atoms with Crippen molar-refractivity contribution in [3.05, 3.63) is 63.4 Å². The SMILES string of the molecule is CC1(C)CCC2(CC1)C[C@@H](C(=O)CCC[C@H](O)CO)[C@H](c1cccc(Cl)c1F)[C@]21C(=O)Nc2cc(Cl)ccc21. The first-order valence-corrected chi connectivity index (χ1v) is 14.6. The van der Waals surface area contributed by atoms with Gasteiger partial charge in [-0.1, -0.05) is 55.2 Å². The summed E-state index contributed by atoms with van der Waals surface area (Å²) in [4.78, 5) is 28.4. The van der Waals surface area contributed by atoms with E-state index in [0.717, 1.165) is 31.2 Å². The maximum atomic E-state index is 15.9. The van der Waals surface area contributed by atoms with Crippen LogP contribution >= 0.6 is 23.2 Å². The van der Waals surface area contributed by atoms with E-state index in [9.17, 15) is 19.8 Å². The molecule has 4 atom stereocenters. The van der Waals surface area contributed by atoms with Gasteiger partial charge in [0.15, 0.2) is 0 Å². The summed E-state index contributed by atoms with van der Waals surface area (Å²) in [6.07, 6.45) is 3.69. The minimum Gasteiger partial charge on any atom is -0.394 e. The molecule has 0 unspecified atom stereocenters. The second-order valence-corrected chi connectivity index (χ2v) is 13.4. The van der Waals surface area contributed by atoms with Gasteiger partial charge in [0.2, 0.25) is 5.91 Å². The van der Waals surface area contributed by atoms with Crippen molar-refractivity contribution in [1.29, 1.82) is 0 Å². The van der Waals surface area contributed by atoms with Crippen LogP contribution in [0, 0.1) is 22.6 Å². The van der Waals surface area contributed by atoms with Crippen molar-refractivity contribution < 1.29 is 24.2 Å². The lowest BCUT2D eigenvalue weighted by Crippen LogP contribution is -2.52. The number of aliphatic hydroxyl groups is 2. The number of amides is 1. The molecule has 0 radical (unpaired) electrons. The molecule has 3 aliphatic rings. The topological polar surface area (TPSA) is 86.6 Å². The van der Waals surface area contributed by atoms with Gasteiger partial charge in [-0.15, -0.1) is 0 Å². The predicted octanol–water partition coefficient (Wildman–Crippen LogP) is 6.81. The van der Waals surface area contributed by atoms with Gasteiger partial charge in [-0.05, 0) is 85.1 Å². The third kappa shape index (κ3) is 4.61. The van der Waals surface area contributed by atoms with Gasteiger partial charge in [-0.3, -0.25) is 9.59 Å². The number of anilines is 1. The van der Waals surface area contributed by atoms with Gasteiger partial charge in [0.25, 0.3) is 0 Å². The summed E-state index contributed by atoms with van der Waals surface area (Å²) in [6, 6.07) is 10.2. The second-order valence-electron chi connectivity index (χ2n) is 12.5. The van der Waals surface area contributed by atoms with E-state index in [1.165, 1.54) is 6.07 Å². The van der Waals surface area contributed by atoms with Crippen molar-refractivity contribution in [1.82, 2.24) is 0 Å². The van der Waals surface area contributed by atoms with E-state index in [4.69, 9.17) is 23.2 Å². The Morgan fingerprint density at radius 2 is 1.87 bits per heavy atom. The molecule has 0 saturated heterocycles. The lowest BCUT2D eigenvalue weighted by molar-refractivity contribution is -0.127. The summed E-state index contributed by atoms with van der Waals surface area (Å²) in [7, 11) is 0. The Morgan fingerprint density at radius 3 is 2.56 bits per heavy atom. The minimum atomic E-state index is -1.17. The fourth-order valence-electron chi connectivity index (χ4n) is 7.78. The van der Waals surface area contributed by atoms with Crippen LogP contribution in [-0.4, -0.2) is 34.6 Å². The molecule has 1 heterocycles. The summed E-state index contributed by atoms with van der Waals surface area (Å²) >= 11 is 12.6. The van der Waals surface area contributed by atoms with Crippen LogP contribution in [0.1, 0.15) is 82.3 Å². The molecular formula is C31H36Cl2FNO4. The number of fused-ring (bicyclic) bond motifs is 3. The highest BCUT2D eigenvalue weighted by Gasteiger charge is 2.72. The smallest absolute Gasteiger partial charge is 0.236 e. The third-order valence-corrected chi connectivity index (χ3v) is 10.3. The van der Waals surface area contributed by atoms with Crippen LogP contribution in [0.3, 0.4) is 0 Å². The fraction of sp³-hybridized carbons (Fsp3) is 0.548. The molecular weight excluding hydrogens is 540 g/mol. The van der Waals surface area contributed by atoms with Crippen LogP contribution in [0.15, 0.2) is 36.4 Å². The molecule has 2 aliphatic carbocycles. The van der Waals surface area contributed by atoms with Gasteiger partial charge in [0, 0.05) is 29.0 Å². The first-order valence-electron chi connectivity index (χ1n) is 13.8. The monoisotopic (exact) mass is 575 g/mol. The first-order chi connectivity index (χ1) is 18.5. The number of Topliss-reactive ketones (excluding diaryl/α,β-unsaturated/α-hetero) is 1. The van der Waals surface area contributed by atoms with Crippen LogP contribution in [0.25, 0.3) is 0 Å². The molecule has 0 aromatic heterocycles. The van der Waals surface area contributed by atoms with Crippen molar-refractivity contribution in [2.75, 3.05) is 11.9 Å². The minimum absolute atomic E-state index is 0.0413. The molecule has 8 heteroatoms. The molecule has 210 valence electrons. The maximum absolute atomic E-state index is 15.9. The predicted molar refractivity (Wildman–Crippen MR) is 151 cm³/mol. The Labute approximate surface area is 239 Å². The van der Waals surface area contributed by atoms with Crippen molar-refractivity contribution in [2.45, 2.75) is 82.7 Å². The van der Waals surface area contributed by atoms with E-state index >= 15 is 4.39 Å². The van der Waals surface area contributed by atoms with E-state index in [1.807, 2.05) is 6.07 Å². The largest absolute Gasteiger partial charge is 0.394 e. The zero-order valence-electron chi connectivity index (χ0n) is 22.4. The number of rotatable bonds is 7. The van der Waals surface area contributed by atoms with Crippen LogP contribution in [0.4, 0.5) is 10.1 Å². The Kier molecular flexibility index (Phi) is 7.64. The number of nitrogens with one attached hydrogen (secondary N) is 1. The normalized spacial score (nSPS) is 27.5. The van der Waals surface area contributed by atoms with E-state index in [1.54, 1.807) is 24.3 Å². The molecule has 2 spiro atoms. The van der Waals surface area contributed by atoms with Crippen LogP contribution in [0.5, 0.6) is 0 Å². The van der Waals surface area contributed by atoms with Crippen LogP contribution < -0.4 is 5.32 Å². The standard InChI is InChI=1S/C31H36Cl2FNO4/c1-29(2)11-13-30(14-12-29)16-21(25(38)8-3-5-19(37)17-36)26(20-6-4-7-23(33)27(20)34)31(30)22-10-9-18(32)15-24(22)35-28(31)39/h4,6-7,9-10,15,19,21,26,36-37H,3,5,8,11-14,16-17H2,1-2H3,(H,35,39)/t19-,21-,26-,31+/m0/s1. The van der Waals surface area contributed by atoms with Gasteiger partial charge < -0.3 is 15.5 Å². The molecule has 2 saturated carbocycles. The van der Waals surface area contributed by atoms with Gasteiger partial charge in [-0.2, -0.15) is 0 Å². The second kappa shape index (κ2) is 10.4. The van der Waals surface area contributed by atoms with E-state index in [2.05, 4.69) is 19.2 Å². The van der Waals surface area contributed by atoms with Crippen molar-refractivity contribution >= 4 is 40.6 Å². The summed E-state index contributed by atoms with van der Waals surface area (Å²) in [5, 5.41) is 22.6. The number of aliphatic hydroxyl groups excluding tert-OH is 2. The Bertz CT molecular complexity index is 1290. The molecule has 1 aliphatic heterocycles. The molecule has 2 fully saturated rings. The highest BCUT2D eigenvalue weighted by Crippen LogP contribution is 2.72. The fourth-order valence-corrected chi connectivity index (χ4v) is 8.13. The van der Waals surface area contributed by atoms with Gasteiger partial charge in [0.1, 0.15) is 11.6 Å². The highest BCUT2D eigenvalue weighted by molar-refractivity contribution is 6.31. The van der Waals surface area contributed by atoms with Crippen LogP contribution in [0.2, 0.25) is 10.0 Å².